The molecular weight excluding hydrogens is 1310 g/mol. The van der Waals surface area contributed by atoms with Gasteiger partial charge >= 0.3 is 17.9 Å². The second-order valence-electron chi connectivity index (χ2n) is 38.3. The smallest absolute Gasteiger partial charge is 0.346 e. The number of hydrogen-bond donors (Lipinski definition) is 4. The van der Waals surface area contributed by atoms with Gasteiger partial charge in [0.1, 0.15) is 5.41 Å². The number of carboxylic acids is 3. The third-order valence-corrected chi connectivity index (χ3v) is 35.0. The summed E-state index contributed by atoms with van der Waals surface area (Å²) in [6.07, 6.45) is 57.5. The average molecular weight is 1430 g/mol. The molecule has 0 amide bonds. The Morgan fingerprint density at radius 2 is 0.810 bits per heavy atom. The highest BCUT2D eigenvalue weighted by molar-refractivity contribution is 5.93. The van der Waals surface area contributed by atoms with Crippen LogP contribution in [0.1, 0.15) is 248 Å². The van der Waals surface area contributed by atoms with Crippen molar-refractivity contribution in [2.45, 2.75) is 254 Å². The van der Waals surface area contributed by atoms with Crippen LogP contribution in [-0.4, -0.2) is 80.7 Å². The first-order valence-electron chi connectivity index (χ1n) is 41.1. The van der Waals surface area contributed by atoms with Gasteiger partial charge in [-0.25, -0.2) is 4.79 Å². The van der Waals surface area contributed by atoms with E-state index in [4.69, 9.17) is 30.4 Å². The number of ether oxygens (including phenoxy) is 1. The van der Waals surface area contributed by atoms with Crippen molar-refractivity contribution in [2.75, 3.05) is 6.61 Å². The molecule has 13 heteroatoms. The number of carboxylic acid groups (broad SMARTS) is 3. The van der Waals surface area contributed by atoms with E-state index in [-0.39, 0.29) is 58.1 Å². The van der Waals surface area contributed by atoms with Gasteiger partial charge in [-0.2, -0.15) is 0 Å². The number of aliphatic carboxylic acids is 3. The van der Waals surface area contributed by atoms with E-state index in [0.717, 1.165) is 147 Å². The number of carbonyl (C=O) groups is 8. The van der Waals surface area contributed by atoms with Gasteiger partial charge in [0.05, 0.1) is 11.8 Å². The highest BCUT2D eigenvalue weighted by atomic mass is 16.5. The maximum Gasteiger partial charge on any atom is 0.346 e. The quantitative estimate of drug-likeness (QED) is 0.125. The lowest BCUT2D eigenvalue weighted by molar-refractivity contribution is -0.173. The van der Waals surface area contributed by atoms with Crippen LogP contribution in [0.15, 0.2) is 46.6 Å². The lowest BCUT2D eigenvalue weighted by Gasteiger charge is -2.58. The molecule has 16 aliphatic carbocycles. The molecule has 16 rings (SSSR count). The first kappa shape index (κ1) is 76.9. The minimum absolute atomic E-state index is 0.0682. The zero-order valence-corrected chi connectivity index (χ0v) is 64.2. The fourth-order valence-electron chi connectivity index (χ4n) is 30.3. The summed E-state index contributed by atoms with van der Waals surface area (Å²) in [5.41, 5.74) is 2.38. The van der Waals surface area contributed by atoms with Gasteiger partial charge < -0.3 is 25.2 Å². The van der Waals surface area contributed by atoms with Crippen LogP contribution in [0.4, 0.5) is 0 Å². The van der Waals surface area contributed by atoms with Crippen molar-refractivity contribution >= 4 is 47.5 Å². The number of aliphatic hydroxyl groups is 1. The largest absolute Gasteiger partial charge is 0.481 e. The van der Waals surface area contributed by atoms with Crippen LogP contribution in [0, 0.1) is 211 Å². The lowest BCUT2D eigenvalue weighted by Crippen LogP contribution is -2.56. The van der Waals surface area contributed by atoms with Crippen LogP contribution in [0.25, 0.3) is 0 Å². The van der Waals surface area contributed by atoms with Crippen LogP contribution in [0.5, 0.6) is 0 Å². The predicted octanol–water partition coefficient (Wildman–Crippen LogP) is 16.5. The summed E-state index contributed by atoms with van der Waals surface area (Å²) in [6, 6.07) is 0. The predicted molar refractivity (Wildman–Crippen MR) is 402 cm³/mol. The standard InChI is InChI=1S/C24H30O5.C23H30O3.C23H32O2.C22H28O3/c1-4-24(21(22(27)28)29-13-25)10-8-19-20-14(2)11-15-12-16(26)5-6-17(15)18(20)7-9-23(19,24)3;1-4-23(13-20(25)26)10-8-19-21-14(2)11-15-12-16(24)5-6-17(15)18(21)7-9-22(19,23)3;1-4-23(11-12-24)10-8-20-21-15(2)13-16-14-17(25)5-6-18(16)19(21)7-9-22(20,23)3;1-4-22(20(24)25)10-8-18-19-13(2)11-14-12-15(23)5-6-16(14)17(19)7-9-21(18,22)3/h1,12-14,17-21H,5-11H2,2-3H3,(H,27,28);1,12,14,17-19,21H,5-11,13H2,2-3H3,(H,25,26);1,14-15,18-21,24H,5-13H2,2-3H3;1,12-13,16-19H,5-11H2,2-3H3,(H,24,25)/t14-,17?,18?,19?,20?,21?,23+,24+;14-,17?,18?,19?,21?,22+,23+;15-,18?,19?,20?,21?,22+,23+;13-,16?,17?,18?,19?,21+,22+/m1111/s1. The van der Waals surface area contributed by atoms with Crippen LogP contribution < -0.4 is 0 Å². The Balaban J connectivity index is 0.000000124. The summed E-state index contributed by atoms with van der Waals surface area (Å²) in [7, 11) is 0. The molecule has 13 nitrogen and oxygen atoms in total. The number of aliphatic hydroxyl groups excluding tert-OH is 1. The van der Waals surface area contributed by atoms with Crippen LogP contribution in [0.2, 0.25) is 0 Å². The van der Waals surface area contributed by atoms with E-state index in [1.54, 1.807) is 0 Å². The van der Waals surface area contributed by atoms with Gasteiger partial charge in [0.25, 0.3) is 6.47 Å². The number of terminal acetylenes is 4. The van der Waals surface area contributed by atoms with Gasteiger partial charge in [0.15, 0.2) is 23.1 Å². The summed E-state index contributed by atoms with van der Waals surface area (Å²) in [4.78, 5) is 94.4. The first-order valence-corrected chi connectivity index (χ1v) is 41.1. The molecule has 0 spiro atoms. The van der Waals surface area contributed by atoms with Crippen molar-refractivity contribution in [1.82, 2.24) is 0 Å². The van der Waals surface area contributed by atoms with E-state index in [0.29, 0.717) is 150 Å². The van der Waals surface area contributed by atoms with Crippen LogP contribution in [0.3, 0.4) is 0 Å². The Kier molecular flexibility index (Phi) is 21.0. The highest BCUT2D eigenvalue weighted by Crippen LogP contribution is 2.74. The molecule has 0 heterocycles. The average Bonchev–Trinajstić information content (AvgIpc) is 1.60. The molecule has 0 aromatic rings. The van der Waals surface area contributed by atoms with Crippen molar-refractivity contribution in [1.29, 1.82) is 0 Å². The molecule has 29 atom stereocenters. The monoisotopic (exact) mass is 1430 g/mol. The summed E-state index contributed by atoms with van der Waals surface area (Å²) in [5.74, 6) is 21.3. The zero-order chi connectivity index (χ0) is 75.5. The molecule has 0 aromatic carbocycles. The van der Waals surface area contributed by atoms with Crippen molar-refractivity contribution in [3.05, 3.63) is 46.6 Å². The van der Waals surface area contributed by atoms with E-state index in [9.17, 15) is 58.8 Å². The SMILES string of the molecule is C#C[C@@]1(C(=O)O)CCC2C3C(CC[C@@]21C)C1CCC(=O)C=C1C[C@H]3C.C#C[C@@]1(C(OC=O)C(=O)O)CCC2C3C(CC[C@@]21C)C1CCC(=O)C=C1C[C@H]3C.C#C[C@@]1(CC(=O)O)CCC2C3C(CC[C@@]21C)C1CCC(=O)C=C1C[C@H]3C.C#C[C@@]1(CCO)CCC2C3C(CC[C@@]21C)C1CCC(=O)C=C1C[C@H]3C. The molecule has 0 aliphatic heterocycles. The van der Waals surface area contributed by atoms with Gasteiger partial charge in [-0.3, -0.25) is 33.6 Å². The molecule has 0 saturated heterocycles. The van der Waals surface area contributed by atoms with E-state index in [1.165, 1.54) is 41.6 Å². The van der Waals surface area contributed by atoms with Gasteiger partial charge in [-0.05, 0) is 325 Å². The third kappa shape index (κ3) is 12.0. The molecule has 0 radical (unpaired) electrons. The molecule has 0 bridgehead atoms. The molecule has 105 heavy (non-hydrogen) atoms. The van der Waals surface area contributed by atoms with Crippen LogP contribution in [-0.2, 0) is 43.1 Å². The number of ketones is 4. The summed E-state index contributed by atoms with van der Waals surface area (Å²) in [5, 5.41) is 38.9. The van der Waals surface area contributed by atoms with Gasteiger partial charge in [-0.1, -0.05) is 101 Å². The second-order valence-corrected chi connectivity index (χ2v) is 38.3. The zero-order valence-electron chi connectivity index (χ0n) is 64.2. The Morgan fingerprint density at radius 3 is 1.15 bits per heavy atom. The van der Waals surface area contributed by atoms with Gasteiger partial charge in [0.2, 0.25) is 6.10 Å². The molecule has 4 N–H and O–H groups in total. The van der Waals surface area contributed by atoms with Gasteiger partial charge in [-0.15, -0.1) is 25.7 Å². The number of hydrogen-bond acceptors (Lipinski definition) is 10. The minimum Gasteiger partial charge on any atom is -0.481 e. The van der Waals surface area contributed by atoms with Crippen LogP contribution >= 0.6 is 0 Å². The molecule has 0 aromatic heterocycles. The molecule has 16 aliphatic rings. The lowest BCUT2D eigenvalue weighted by atomic mass is 9.46. The fraction of sp³-hybridized carbons (Fsp3) is 0.739. The second kappa shape index (κ2) is 28.6. The maximum atomic E-state index is 12.1. The molecular formula is C92H120O13. The van der Waals surface area contributed by atoms with E-state index in [2.05, 4.69) is 79.1 Å². The minimum atomic E-state index is -1.31. The third-order valence-electron chi connectivity index (χ3n) is 35.0. The fourth-order valence-corrected chi connectivity index (χ4v) is 30.3. The molecule has 17 unspecified atom stereocenters. The maximum absolute atomic E-state index is 12.1. The highest BCUT2D eigenvalue weighted by Gasteiger charge is 2.70. The van der Waals surface area contributed by atoms with E-state index in [1.807, 2.05) is 24.3 Å². The van der Waals surface area contributed by atoms with Crippen molar-refractivity contribution in [3.63, 3.8) is 0 Å². The Hall–Kier alpha value is -6.28. The Morgan fingerprint density at radius 1 is 0.467 bits per heavy atom. The van der Waals surface area contributed by atoms with E-state index >= 15 is 0 Å². The number of allylic oxidation sites excluding steroid dienone is 4. The summed E-state index contributed by atoms with van der Waals surface area (Å²) >= 11 is 0. The van der Waals surface area contributed by atoms with Crippen molar-refractivity contribution < 1.29 is 63.5 Å². The van der Waals surface area contributed by atoms with E-state index < -0.39 is 40.3 Å². The molecule has 566 valence electrons. The van der Waals surface area contributed by atoms with Gasteiger partial charge in [0, 0.05) is 43.1 Å². The first-order chi connectivity index (χ1) is 49.9. The summed E-state index contributed by atoms with van der Waals surface area (Å²) < 4.78 is 5.09. The normalized spacial score (nSPS) is 47.1. The Labute approximate surface area is 626 Å². The molecule has 12 saturated carbocycles. The Bertz CT molecular complexity index is 3830. The number of rotatable bonds is 9. The molecule has 12 fully saturated rings. The summed E-state index contributed by atoms with van der Waals surface area (Å²) in [6.45, 7) is 18.7. The van der Waals surface area contributed by atoms with Crippen molar-refractivity contribution in [2.24, 2.45) is 162 Å². The van der Waals surface area contributed by atoms with Crippen molar-refractivity contribution in [3.8, 4) is 49.4 Å². The number of carbonyl (C=O) groups excluding carboxylic acids is 5. The number of fused-ring (bicyclic) bond motifs is 20. The topological polar surface area (TPSA) is 227 Å².